The number of carboxylic acids is 1. The van der Waals surface area contributed by atoms with Gasteiger partial charge in [0.1, 0.15) is 5.82 Å². The van der Waals surface area contributed by atoms with Gasteiger partial charge in [0.25, 0.3) is 5.82 Å². The lowest BCUT2D eigenvalue weighted by molar-refractivity contribution is 0.0683. The van der Waals surface area contributed by atoms with Crippen LogP contribution in [0.4, 0.5) is 0 Å². The monoisotopic (exact) mass is 181 g/mol. The fourth-order valence-corrected chi connectivity index (χ4v) is 1.55. The third-order valence-corrected chi connectivity index (χ3v) is 2.30. The summed E-state index contributed by atoms with van der Waals surface area (Å²) < 4.78 is 1.70. The summed E-state index contributed by atoms with van der Waals surface area (Å²) in [4.78, 5) is 14.5. The van der Waals surface area contributed by atoms with Crippen molar-refractivity contribution in [2.75, 3.05) is 0 Å². The van der Waals surface area contributed by atoms with Crippen molar-refractivity contribution >= 4 is 5.97 Å². The second-order valence-electron chi connectivity index (χ2n) is 3.48. The van der Waals surface area contributed by atoms with Crippen LogP contribution in [0.2, 0.25) is 0 Å². The molecule has 0 radical (unpaired) electrons. The largest absolute Gasteiger partial charge is 0.475 e. The topological polar surface area (TPSA) is 68.0 Å². The summed E-state index contributed by atoms with van der Waals surface area (Å²) in [6.45, 7) is 2.93. The van der Waals surface area contributed by atoms with Crippen molar-refractivity contribution in [3.05, 3.63) is 11.6 Å². The summed E-state index contributed by atoms with van der Waals surface area (Å²) in [5.41, 5.74) is 0. The maximum atomic E-state index is 10.6. The minimum atomic E-state index is -1.05. The molecule has 0 aromatic carbocycles. The average Bonchev–Trinajstić information content (AvgIpc) is 2.46. The SMILES string of the molecule is CC1CCn2nc(C(=O)O)nc2C1. The zero-order valence-corrected chi connectivity index (χ0v) is 7.40. The number of fused-ring (bicyclic) bond motifs is 1. The predicted molar refractivity (Wildman–Crippen MR) is 44.5 cm³/mol. The fraction of sp³-hybridized carbons (Fsp3) is 0.625. The van der Waals surface area contributed by atoms with Crippen LogP contribution in [0.3, 0.4) is 0 Å². The predicted octanol–water partition coefficient (Wildman–Crippen LogP) is 0.559. The molecule has 0 saturated heterocycles. The Hall–Kier alpha value is -1.39. The Labute approximate surface area is 75.4 Å². The van der Waals surface area contributed by atoms with Gasteiger partial charge in [-0.15, -0.1) is 5.10 Å². The van der Waals surface area contributed by atoms with Crippen molar-refractivity contribution < 1.29 is 9.90 Å². The van der Waals surface area contributed by atoms with Crippen LogP contribution >= 0.6 is 0 Å². The molecule has 2 rings (SSSR count). The Kier molecular flexibility index (Phi) is 1.79. The fourth-order valence-electron chi connectivity index (χ4n) is 1.55. The molecule has 1 aliphatic rings. The van der Waals surface area contributed by atoms with Crippen molar-refractivity contribution in [1.82, 2.24) is 14.8 Å². The van der Waals surface area contributed by atoms with Gasteiger partial charge >= 0.3 is 5.97 Å². The lowest BCUT2D eigenvalue weighted by Crippen LogP contribution is -2.18. The van der Waals surface area contributed by atoms with Gasteiger partial charge in [-0.1, -0.05) is 6.92 Å². The molecule has 1 N–H and O–H groups in total. The molecule has 0 fully saturated rings. The van der Waals surface area contributed by atoms with Gasteiger partial charge in [0.2, 0.25) is 0 Å². The number of aryl methyl sites for hydroxylation is 1. The Morgan fingerprint density at radius 2 is 2.46 bits per heavy atom. The molecule has 5 nitrogen and oxygen atoms in total. The third kappa shape index (κ3) is 1.41. The first-order chi connectivity index (χ1) is 6.16. The molecular formula is C8H11N3O2. The first-order valence-electron chi connectivity index (χ1n) is 4.34. The molecule has 2 heterocycles. The molecule has 0 spiro atoms. The number of hydrogen-bond acceptors (Lipinski definition) is 3. The van der Waals surface area contributed by atoms with Crippen LogP contribution in [0, 0.1) is 5.92 Å². The Morgan fingerprint density at radius 1 is 1.69 bits per heavy atom. The van der Waals surface area contributed by atoms with Crippen molar-refractivity contribution in [3.63, 3.8) is 0 Å². The van der Waals surface area contributed by atoms with E-state index in [4.69, 9.17) is 5.11 Å². The Balaban J connectivity index is 2.33. The smallest absolute Gasteiger partial charge is 0.375 e. The highest BCUT2D eigenvalue weighted by molar-refractivity contribution is 5.82. The molecule has 1 unspecified atom stereocenters. The molecule has 1 aromatic heterocycles. The number of aromatic carboxylic acids is 1. The number of carbonyl (C=O) groups is 1. The summed E-state index contributed by atoms with van der Waals surface area (Å²) in [5, 5.41) is 12.6. The average molecular weight is 181 g/mol. The highest BCUT2D eigenvalue weighted by Gasteiger charge is 2.20. The van der Waals surface area contributed by atoms with Gasteiger partial charge in [-0.2, -0.15) is 0 Å². The molecule has 70 valence electrons. The van der Waals surface area contributed by atoms with Crippen LogP contribution in [0.25, 0.3) is 0 Å². The number of aromatic nitrogens is 3. The maximum absolute atomic E-state index is 10.6. The van der Waals surface area contributed by atoms with Crippen LogP contribution in [-0.2, 0) is 13.0 Å². The minimum absolute atomic E-state index is 0.0795. The molecule has 0 amide bonds. The standard InChI is InChI=1S/C8H11N3O2/c1-5-2-3-11-6(4-5)9-7(10-11)8(12)13/h5H,2-4H2,1H3,(H,12,13). The van der Waals surface area contributed by atoms with Crippen LogP contribution in [-0.4, -0.2) is 25.8 Å². The van der Waals surface area contributed by atoms with Gasteiger partial charge in [-0.05, 0) is 12.3 Å². The van der Waals surface area contributed by atoms with E-state index in [2.05, 4.69) is 17.0 Å². The summed E-state index contributed by atoms with van der Waals surface area (Å²) in [5.74, 6) is 0.258. The van der Waals surface area contributed by atoms with Gasteiger partial charge in [0.05, 0.1) is 0 Å². The van der Waals surface area contributed by atoms with Crippen LogP contribution in [0.15, 0.2) is 0 Å². The molecule has 0 saturated carbocycles. The first-order valence-corrected chi connectivity index (χ1v) is 4.34. The Bertz CT molecular complexity index is 345. The summed E-state index contributed by atoms with van der Waals surface area (Å²) in [6.07, 6.45) is 1.88. The van der Waals surface area contributed by atoms with E-state index in [0.717, 1.165) is 25.2 Å². The van der Waals surface area contributed by atoms with Gasteiger partial charge in [-0.3, -0.25) is 0 Å². The number of hydrogen-bond donors (Lipinski definition) is 1. The summed E-state index contributed by atoms with van der Waals surface area (Å²) >= 11 is 0. The van der Waals surface area contributed by atoms with E-state index in [0.29, 0.717) is 5.92 Å². The highest BCUT2D eigenvalue weighted by Crippen LogP contribution is 2.17. The normalized spacial score (nSPS) is 21.2. The molecular weight excluding hydrogens is 170 g/mol. The van der Waals surface area contributed by atoms with E-state index in [1.165, 1.54) is 0 Å². The molecule has 0 bridgehead atoms. The van der Waals surface area contributed by atoms with E-state index in [1.807, 2.05) is 0 Å². The number of nitrogens with zero attached hydrogens (tertiary/aromatic N) is 3. The quantitative estimate of drug-likeness (QED) is 0.687. The van der Waals surface area contributed by atoms with Gasteiger partial charge < -0.3 is 5.11 Å². The molecule has 0 aliphatic carbocycles. The summed E-state index contributed by atoms with van der Waals surface area (Å²) in [7, 11) is 0. The molecule has 1 aromatic rings. The zero-order valence-electron chi connectivity index (χ0n) is 7.40. The van der Waals surface area contributed by atoms with Gasteiger partial charge in [0.15, 0.2) is 0 Å². The van der Waals surface area contributed by atoms with E-state index in [1.54, 1.807) is 4.68 Å². The summed E-state index contributed by atoms with van der Waals surface area (Å²) in [6, 6.07) is 0. The van der Waals surface area contributed by atoms with Crippen molar-refractivity contribution in [3.8, 4) is 0 Å². The number of carboxylic acid groups (broad SMARTS) is 1. The second-order valence-corrected chi connectivity index (χ2v) is 3.48. The molecule has 1 atom stereocenters. The Morgan fingerprint density at radius 3 is 3.15 bits per heavy atom. The zero-order chi connectivity index (χ0) is 9.42. The second kappa shape index (κ2) is 2.83. The van der Waals surface area contributed by atoms with E-state index >= 15 is 0 Å². The van der Waals surface area contributed by atoms with Crippen molar-refractivity contribution in [2.24, 2.45) is 5.92 Å². The maximum Gasteiger partial charge on any atom is 0.375 e. The van der Waals surface area contributed by atoms with E-state index in [9.17, 15) is 4.79 Å². The third-order valence-electron chi connectivity index (χ3n) is 2.30. The van der Waals surface area contributed by atoms with Gasteiger partial charge in [-0.25, -0.2) is 14.5 Å². The lowest BCUT2D eigenvalue weighted by atomic mass is 10.0. The van der Waals surface area contributed by atoms with E-state index < -0.39 is 5.97 Å². The first kappa shape index (κ1) is 8.22. The molecule has 5 heteroatoms. The minimum Gasteiger partial charge on any atom is -0.475 e. The highest BCUT2D eigenvalue weighted by atomic mass is 16.4. The molecule has 13 heavy (non-hydrogen) atoms. The molecule has 1 aliphatic heterocycles. The van der Waals surface area contributed by atoms with Crippen LogP contribution in [0.5, 0.6) is 0 Å². The van der Waals surface area contributed by atoms with Crippen LogP contribution < -0.4 is 0 Å². The van der Waals surface area contributed by atoms with Crippen molar-refractivity contribution in [1.29, 1.82) is 0 Å². The number of rotatable bonds is 1. The van der Waals surface area contributed by atoms with Crippen molar-refractivity contribution in [2.45, 2.75) is 26.3 Å². The van der Waals surface area contributed by atoms with Crippen LogP contribution in [0.1, 0.15) is 29.8 Å². The van der Waals surface area contributed by atoms with Gasteiger partial charge in [0, 0.05) is 13.0 Å². The lowest BCUT2D eigenvalue weighted by Gasteiger charge is -2.17. The van der Waals surface area contributed by atoms with E-state index in [-0.39, 0.29) is 5.82 Å².